The van der Waals surface area contributed by atoms with Crippen LogP contribution in [0.2, 0.25) is 0 Å². The fraction of sp³-hybridized carbons (Fsp3) is 0.833. The van der Waals surface area contributed by atoms with E-state index in [9.17, 15) is 5.11 Å². The molecule has 1 saturated heterocycles. The molecule has 2 atom stereocenters. The molecule has 0 amide bonds. The lowest BCUT2D eigenvalue weighted by molar-refractivity contribution is 0.108. The number of hydrogen-bond donors (Lipinski definition) is 1. The molecule has 2 aliphatic rings. The minimum atomic E-state index is 0.258. The molecule has 1 fully saturated rings. The van der Waals surface area contributed by atoms with Gasteiger partial charge in [0.1, 0.15) is 11.6 Å². The van der Waals surface area contributed by atoms with E-state index in [1.54, 1.807) is 0 Å². The molecule has 3 heterocycles. The van der Waals surface area contributed by atoms with Gasteiger partial charge < -0.3 is 14.4 Å². The molecule has 1 aromatic rings. The van der Waals surface area contributed by atoms with E-state index in [0.717, 1.165) is 56.9 Å². The Morgan fingerprint density at radius 1 is 1.35 bits per heavy atom. The molecule has 0 radical (unpaired) electrons. The number of aliphatic hydroxyl groups excluding tert-OH is 1. The lowest BCUT2D eigenvalue weighted by atomic mass is 9.99. The summed E-state index contributed by atoms with van der Waals surface area (Å²) in [7, 11) is 0. The van der Waals surface area contributed by atoms with Crippen molar-refractivity contribution in [2.24, 2.45) is 5.92 Å². The molecule has 0 saturated carbocycles. The van der Waals surface area contributed by atoms with E-state index in [4.69, 9.17) is 4.74 Å². The molecule has 5 heteroatoms. The third-order valence-corrected chi connectivity index (χ3v) is 3.83. The van der Waals surface area contributed by atoms with Crippen molar-refractivity contribution < 1.29 is 9.84 Å². The van der Waals surface area contributed by atoms with Gasteiger partial charge in [-0.25, -0.2) is 0 Å². The smallest absolute Gasteiger partial charge is 0.135 e. The van der Waals surface area contributed by atoms with E-state index < -0.39 is 0 Å². The van der Waals surface area contributed by atoms with Crippen LogP contribution in [-0.4, -0.2) is 39.2 Å². The molecule has 94 valence electrons. The van der Waals surface area contributed by atoms with E-state index in [2.05, 4.69) is 14.8 Å². The summed E-state index contributed by atoms with van der Waals surface area (Å²) in [5, 5.41) is 17.7. The fourth-order valence-electron chi connectivity index (χ4n) is 2.77. The summed E-state index contributed by atoms with van der Waals surface area (Å²) in [6, 6.07) is 0. The third kappa shape index (κ3) is 2.21. The van der Waals surface area contributed by atoms with Gasteiger partial charge in [0.2, 0.25) is 0 Å². The first-order valence-corrected chi connectivity index (χ1v) is 6.50. The topological polar surface area (TPSA) is 60.2 Å². The number of nitrogens with zero attached hydrogens (tertiary/aromatic N) is 3. The second-order valence-corrected chi connectivity index (χ2v) is 5.06. The maximum Gasteiger partial charge on any atom is 0.135 e. The predicted octanol–water partition coefficient (Wildman–Crippen LogP) is 0.554. The quantitative estimate of drug-likeness (QED) is 0.834. The van der Waals surface area contributed by atoms with Gasteiger partial charge in [-0.2, -0.15) is 0 Å². The number of hydrogen-bond acceptors (Lipinski definition) is 4. The minimum absolute atomic E-state index is 0.258. The van der Waals surface area contributed by atoms with Gasteiger partial charge in [0.15, 0.2) is 0 Å². The van der Waals surface area contributed by atoms with Crippen LogP contribution in [-0.2, 0) is 24.1 Å². The first-order valence-electron chi connectivity index (χ1n) is 6.50. The van der Waals surface area contributed by atoms with Crippen LogP contribution in [0.15, 0.2) is 0 Å². The number of aromatic nitrogens is 3. The minimum Gasteiger partial charge on any atom is -0.396 e. The normalized spacial score (nSPS) is 28.3. The molecule has 0 aromatic carbocycles. The summed E-state index contributed by atoms with van der Waals surface area (Å²) < 4.78 is 7.85. The van der Waals surface area contributed by atoms with E-state index in [0.29, 0.717) is 12.0 Å². The first-order chi connectivity index (χ1) is 8.36. The molecule has 3 rings (SSSR count). The van der Waals surface area contributed by atoms with Crippen LogP contribution in [0, 0.1) is 5.92 Å². The van der Waals surface area contributed by atoms with Gasteiger partial charge in [0.25, 0.3) is 0 Å². The molecule has 1 N–H and O–H groups in total. The average molecular weight is 237 g/mol. The predicted molar refractivity (Wildman–Crippen MR) is 61.6 cm³/mol. The van der Waals surface area contributed by atoms with E-state index >= 15 is 0 Å². The third-order valence-electron chi connectivity index (χ3n) is 3.83. The van der Waals surface area contributed by atoms with Crippen LogP contribution >= 0.6 is 0 Å². The van der Waals surface area contributed by atoms with Crippen LogP contribution in [0.25, 0.3) is 0 Å². The summed E-state index contributed by atoms with van der Waals surface area (Å²) in [5.74, 6) is 2.45. The Morgan fingerprint density at radius 3 is 3.06 bits per heavy atom. The zero-order valence-corrected chi connectivity index (χ0v) is 10.0. The summed E-state index contributed by atoms with van der Waals surface area (Å²) in [4.78, 5) is 0. The molecule has 0 spiro atoms. The Morgan fingerprint density at radius 2 is 2.29 bits per heavy atom. The van der Waals surface area contributed by atoms with Crippen molar-refractivity contribution in [3.8, 4) is 0 Å². The summed E-state index contributed by atoms with van der Waals surface area (Å²) in [6.07, 6.45) is 5.41. The highest BCUT2D eigenvalue weighted by atomic mass is 16.5. The number of fused-ring (bicyclic) bond motifs is 1. The van der Waals surface area contributed by atoms with Crippen LogP contribution in [0.3, 0.4) is 0 Å². The maximum absolute atomic E-state index is 9.18. The van der Waals surface area contributed by atoms with Gasteiger partial charge in [0.05, 0.1) is 6.10 Å². The van der Waals surface area contributed by atoms with Crippen molar-refractivity contribution in [2.75, 3.05) is 13.2 Å². The van der Waals surface area contributed by atoms with Crippen molar-refractivity contribution in [1.29, 1.82) is 0 Å². The lowest BCUT2D eigenvalue weighted by Crippen LogP contribution is -2.24. The van der Waals surface area contributed by atoms with Gasteiger partial charge in [-0.05, 0) is 25.2 Å². The highest BCUT2D eigenvalue weighted by Crippen LogP contribution is 2.22. The highest BCUT2D eigenvalue weighted by Gasteiger charge is 2.25. The average Bonchev–Trinajstić information content (AvgIpc) is 2.99. The van der Waals surface area contributed by atoms with E-state index in [1.165, 1.54) is 0 Å². The Hall–Kier alpha value is -0.940. The Labute approximate surface area is 101 Å². The SMILES string of the molecule is OCC1CCn2c(nnc2CC2CCCO2)C1. The molecule has 2 aliphatic heterocycles. The van der Waals surface area contributed by atoms with Gasteiger partial charge in [-0.3, -0.25) is 0 Å². The fourth-order valence-corrected chi connectivity index (χ4v) is 2.77. The number of ether oxygens (including phenoxy) is 1. The molecule has 2 unspecified atom stereocenters. The molecular formula is C12H19N3O2. The zero-order chi connectivity index (χ0) is 11.7. The second kappa shape index (κ2) is 4.74. The number of aliphatic hydroxyl groups is 1. The molecular weight excluding hydrogens is 218 g/mol. The van der Waals surface area contributed by atoms with Gasteiger partial charge in [-0.15, -0.1) is 10.2 Å². The summed E-state index contributed by atoms with van der Waals surface area (Å²) in [5.41, 5.74) is 0. The van der Waals surface area contributed by atoms with Gasteiger partial charge in [-0.1, -0.05) is 0 Å². The van der Waals surface area contributed by atoms with Crippen LogP contribution < -0.4 is 0 Å². The molecule has 17 heavy (non-hydrogen) atoms. The Balaban J connectivity index is 1.72. The van der Waals surface area contributed by atoms with Crippen molar-refractivity contribution in [1.82, 2.24) is 14.8 Å². The Bertz CT molecular complexity index is 385. The second-order valence-electron chi connectivity index (χ2n) is 5.06. The first kappa shape index (κ1) is 11.2. The van der Waals surface area contributed by atoms with Crippen LogP contribution in [0.1, 0.15) is 30.9 Å². The molecule has 0 aliphatic carbocycles. The molecule has 5 nitrogen and oxygen atoms in total. The van der Waals surface area contributed by atoms with Crippen molar-refractivity contribution in [3.63, 3.8) is 0 Å². The maximum atomic E-state index is 9.18. The standard InChI is InChI=1S/C12H19N3O2/c16-8-9-3-4-15-11(6-9)13-14-12(15)7-10-2-1-5-17-10/h9-10,16H,1-8H2. The van der Waals surface area contributed by atoms with Crippen LogP contribution in [0.4, 0.5) is 0 Å². The van der Waals surface area contributed by atoms with Crippen molar-refractivity contribution in [2.45, 2.75) is 44.8 Å². The van der Waals surface area contributed by atoms with Gasteiger partial charge in [0, 0.05) is 32.6 Å². The highest BCUT2D eigenvalue weighted by molar-refractivity contribution is 5.02. The van der Waals surface area contributed by atoms with Crippen molar-refractivity contribution in [3.05, 3.63) is 11.6 Å². The molecule has 0 bridgehead atoms. The lowest BCUT2D eigenvalue weighted by Gasteiger charge is -2.22. The molecule has 1 aromatic heterocycles. The number of rotatable bonds is 3. The Kier molecular flexibility index (Phi) is 3.11. The van der Waals surface area contributed by atoms with Gasteiger partial charge >= 0.3 is 0 Å². The van der Waals surface area contributed by atoms with E-state index in [-0.39, 0.29) is 6.61 Å². The zero-order valence-electron chi connectivity index (χ0n) is 10.0. The van der Waals surface area contributed by atoms with Crippen molar-refractivity contribution >= 4 is 0 Å². The monoisotopic (exact) mass is 237 g/mol. The largest absolute Gasteiger partial charge is 0.396 e. The van der Waals surface area contributed by atoms with E-state index in [1.807, 2.05) is 0 Å². The summed E-state index contributed by atoms with van der Waals surface area (Å²) in [6.45, 7) is 2.09. The summed E-state index contributed by atoms with van der Waals surface area (Å²) >= 11 is 0. The van der Waals surface area contributed by atoms with Crippen LogP contribution in [0.5, 0.6) is 0 Å².